The number of likely N-dealkylation sites (tertiary alicyclic amines) is 1. The summed E-state index contributed by atoms with van der Waals surface area (Å²) >= 11 is 0. The Morgan fingerprint density at radius 2 is 1.71 bits per heavy atom. The number of amides is 2. The van der Waals surface area contributed by atoms with E-state index < -0.39 is 0 Å². The number of rotatable bonds is 4. The van der Waals surface area contributed by atoms with Crippen molar-refractivity contribution in [2.75, 3.05) is 19.6 Å². The smallest absolute Gasteiger partial charge is 0.317 e. The molecule has 1 atom stereocenters. The molecular formula is C21H24N2O. The van der Waals surface area contributed by atoms with E-state index in [9.17, 15) is 4.79 Å². The third kappa shape index (κ3) is 3.03. The molecule has 1 N–H and O–H groups in total. The minimum atomic E-state index is 0.0932. The van der Waals surface area contributed by atoms with E-state index >= 15 is 0 Å². The van der Waals surface area contributed by atoms with E-state index in [2.05, 4.69) is 53.8 Å². The minimum absolute atomic E-state index is 0.0932. The SMILES string of the molecule is O=C(NCC1(c2ccccc2)CC1)N1CC[C@H](c2ccccc2)C1. The van der Waals surface area contributed by atoms with Crippen molar-refractivity contribution in [3.63, 3.8) is 0 Å². The number of carbonyl (C=O) groups excluding carboxylic acids is 1. The van der Waals surface area contributed by atoms with E-state index in [-0.39, 0.29) is 11.4 Å². The molecule has 2 fully saturated rings. The van der Waals surface area contributed by atoms with Crippen molar-refractivity contribution in [3.05, 3.63) is 71.8 Å². The van der Waals surface area contributed by atoms with Crippen LogP contribution in [0.5, 0.6) is 0 Å². The van der Waals surface area contributed by atoms with Crippen molar-refractivity contribution < 1.29 is 4.79 Å². The molecule has 2 aliphatic rings. The molecule has 1 saturated heterocycles. The van der Waals surface area contributed by atoms with Gasteiger partial charge in [0.1, 0.15) is 0 Å². The first-order valence-electron chi connectivity index (χ1n) is 8.90. The van der Waals surface area contributed by atoms with Gasteiger partial charge in [-0.1, -0.05) is 60.7 Å². The standard InChI is InChI=1S/C21H24N2O/c24-20(22-16-21(12-13-21)19-9-5-2-6-10-19)23-14-11-18(15-23)17-7-3-1-4-8-17/h1-10,18H,11-16H2,(H,22,24)/t18-/m0/s1. The molecule has 2 aromatic rings. The number of benzene rings is 2. The maximum Gasteiger partial charge on any atom is 0.317 e. The number of nitrogens with one attached hydrogen (secondary N) is 1. The molecule has 2 amide bonds. The van der Waals surface area contributed by atoms with Crippen LogP contribution in [0, 0.1) is 0 Å². The van der Waals surface area contributed by atoms with Gasteiger partial charge in [0.2, 0.25) is 0 Å². The Kier molecular flexibility index (Phi) is 4.01. The summed E-state index contributed by atoms with van der Waals surface area (Å²) in [7, 11) is 0. The fraction of sp³-hybridized carbons (Fsp3) is 0.381. The Hall–Kier alpha value is -2.29. The molecule has 0 spiro atoms. The van der Waals surface area contributed by atoms with Crippen molar-refractivity contribution in [2.45, 2.75) is 30.6 Å². The number of nitrogens with zero attached hydrogens (tertiary/aromatic N) is 1. The minimum Gasteiger partial charge on any atom is -0.337 e. The zero-order valence-electron chi connectivity index (χ0n) is 13.9. The number of urea groups is 1. The number of carbonyl (C=O) groups is 1. The molecule has 0 radical (unpaired) electrons. The van der Waals surface area contributed by atoms with Crippen LogP contribution in [-0.4, -0.2) is 30.6 Å². The summed E-state index contributed by atoms with van der Waals surface area (Å²) in [4.78, 5) is 14.5. The van der Waals surface area contributed by atoms with Crippen molar-refractivity contribution in [3.8, 4) is 0 Å². The molecule has 0 unspecified atom stereocenters. The van der Waals surface area contributed by atoms with Gasteiger partial charge in [0.25, 0.3) is 0 Å². The first-order chi connectivity index (χ1) is 11.8. The zero-order chi connectivity index (χ0) is 16.4. The lowest BCUT2D eigenvalue weighted by Crippen LogP contribution is -2.41. The Labute approximate surface area is 143 Å². The predicted molar refractivity (Wildman–Crippen MR) is 96.1 cm³/mol. The van der Waals surface area contributed by atoms with Crippen LogP contribution in [0.3, 0.4) is 0 Å². The van der Waals surface area contributed by atoms with E-state index in [1.807, 2.05) is 17.0 Å². The van der Waals surface area contributed by atoms with Gasteiger partial charge in [-0.15, -0.1) is 0 Å². The summed E-state index contributed by atoms with van der Waals surface area (Å²) in [5.41, 5.74) is 2.87. The Balaban J connectivity index is 1.33. The van der Waals surface area contributed by atoms with Crippen LogP contribution in [0.4, 0.5) is 4.79 Å². The Morgan fingerprint density at radius 1 is 1.04 bits per heavy atom. The van der Waals surface area contributed by atoms with Crippen LogP contribution in [0.25, 0.3) is 0 Å². The normalized spacial score (nSPS) is 21.5. The molecule has 4 rings (SSSR count). The summed E-state index contributed by atoms with van der Waals surface area (Å²) in [5, 5.41) is 3.18. The van der Waals surface area contributed by atoms with Gasteiger partial charge in [-0.25, -0.2) is 4.79 Å². The van der Waals surface area contributed by atoms with Crippen LogP contribution in [0.1, 0.15) is 36.3 Å². The van der Waals surface area contributed by atoms with Gasteiger partial charge < -0.3 is 10.2 Å². The molecular weight excluding hydrogens is 296 g/mol. The first kappa shape index (κ1) is 15.3. The molecule has 2 aromatic carbocycles. The average Bonchev–Trinajstić information content (AvgIpc) is 3.28. The summed E-state index contributed by atoms with van der Waals surface area (Å²) in [6.45, 7) is 2.43. The molecule has 3 heteroatoms. The lowest BCUT2D eigenvalue weighted by atomic mass is 9.96. The maximum atomic E-state index is 12.5. The molecule has 124 valence electrons. The molecule has 1 saturated carbocycles. The third-order valence-electron chi connectivity index (χ3n) is 5.56. The van der Waals surface area contributed by atoms with E-state index in [1.165, 1.54) is 24.0 Å². The van der Waals surface area contributed by atoms with E-state index in [0.29, 0.717) is 5.92 Å². The molecule has 24 heavy (non-hydrogen) atoms. The molecule has 0 aromatic heterocycles. The maximum absolute atomic E-state index is 12.5. The topological polar surface area (TPSA) is 32.3 Å². The second-order valence-corrected chi connectivity index (χ2v) is 7.15. The highest BCUT2D eigenvalue weighted by Crippen LogP contribution is 2.47. The summed E-state index contributed by atoms with van der Waals surface area (Å²) in [6, 6.07) is 21.2. The quantitative estimate of drug-likeness (QED) is 0.910. The van der Waals surface area contributed by atoms with Gasteiger partial charge in [0.15, 0.2) is 0 Å². The van der Waals surface area contributed by atoms with Gasteiger partial charge in [0.05, 0.1) is 0 Å². The van der Waals surface area contributed by atoms with Crippen molar-refractivity contribution in [1.29, 1.82) is 0 Å². The molecule has 1 heterocycles. The van der Waals surface area contributed by atoms with Gasteiger partial charge in [-0.2, -0.15) is 0 Å². The van der Waals surface area contributed by atoms with Gasteiger partial charge >= 0.3 is 6.03 Å². The molecule has 3 nitrogen and oxygen atoms in total. The van der Waals surface area contributed by atoms with Crippen molar-refractivity contribution >= 4 is 6.03 Å². The van der Waals surface area contributed by atoms with Crippen molar-refractivity contribution in [1.82, 2.24) is 10.2 Å². The highest BCUT2D eigenvalue weighted by Gasteiger charge is 2.44. The van der Waals surface area contributed by atoms with Crippen LogP contribution >= 0.6 is 0 Å². The fourth-order valence-electron chi connectivity index (χ4n) is 3.81. The molecule has 1 aliphatic heterocycles. The summed E-state index contributed by atoms with van der Waals surface area (Å²) in [5.74, 6) is 0.473. The average molecular weight is 320 g/mol. The van der Waals surface area contributed by atoms with Crippen molar-refractivity contribution in [2.24, 2.45) is 0 Å². The largest absolute Gasteiger partial charge is 0.337 e. The Morgan fingerprint density at radius 3 is 2.38 bits per heavy atom. The first-order valence-corrected chi connectivity index (χ1v) is 8.90. The van der Waals surface area contributed by atoms with Gasteiger partial charge in [0, 0.05) is 31.0 Å². The second-order valence-electron chi connectivity index (χ2n) is 7.15. The summed E-state index contributed by atoms with van der Waals surface area (Å²) in [6.07, 6.45) is 3.40. The van der Waals surface area contributed by atoms with E-state index in [4.69, 9.17) is 0 Å². The summed E-state index contributed by atoms with van der Waals surface area (Å²) < 4.78 is 0. The Bertz CT molecular complexity index is 694. The van der Waals surface area contributed by atoms with Gasteiger partial charge in [-0.05, 0) is 30.4 Å². The molecule has 0 bridgehead atoms. The van der Waals surface area contributed by atoms with Crippen LogP contribution < -0.4 is 5.32 Å². The van der Waals surface area contributed by atoms with E-state index in [0.717, 1.165) is 26.1 Å². The highest BCUT2D eigenvalue weighted by atomic mass is 16.2. The van der Waals surface area contributed by atoms with Crippen LogP contribution in [-0.2, 0) is 5.41 Å². The molecule has 1 aliphatic carbocycles. The number of hydrogen-bond donors (Lipinski definition) is 1. The lowest BCUT2D eigenvalue weighted by Gasteiger charge is -2.21. The van der Waals surface area contributed by atoms with Crippen LogP contribution in [0.15, 0.2) is 60.7 Å². The third-order valence-corrected chi connectivity index (χ3v) is 5.56. The second kappa shape index (κ2) is 6.31. The predicted octanol–water partition coefficient (Wildman–Crippen LogP) is 3.92. The highest BCUT2D eigenvalue weighted by molar-refractivity contribution is 5.75. The van der Waals surface area contributed by atoms with E-state index in [1.54, 1.807) is 0 Å². The zero-order valence-corrected chi connectivity index (χ0v) is 13.9. The van der Waals surface area contributed by atoms with Gasteiger partial charge in [-0.3, -0.25) is 0 Å². The number of hydrogen-bond acceptors (Lipinski definition) is 1. The lowest BCUT2D eigenvalue weighted by molar-refractivity contribution is 0.207. The van der Waals surface area contributed by atoms with Crippen LogP contribution in [0.2, 0.25) is 0 Å². The monoisotopic (exact) mass is 320 g/mol. The fourth-order valence-corrected chi connectivity index (χ4v) is 3.81.